The highest BCUT2D eigenvalue weighted by Crippen LogP contribution is 2.19. The van der Waals surface area contributed by atoms with E-state index in [1.807, 2.05) is 36.4 Å². The SMILES string of the molecule is CN=C(NCc1cccc(OCc2ccccn2)c1)NCC(C)c1cccs1. The minimum Gasteiger partial charge on any atom is -0.487 e. The number of guanidine groups is 1. The average molecular weight is 395 g/mol. The van der Waals surface area contributed by atoms with Crippen molar-refractivity contribution in [3.05, 3.63) is 82.3 Å². The van der Waals surface area contributed by atoms with Crippen LogP contribution in [0.15, 0.2) is 71.2 Å². The number of ether oxygens (including phenoxy) is 1. The first-order valence-corrected chi connectivity index (χ1v) is 10.2. The van der Waals surface area contributed by atoms with Crippen molar-refractivity contribution in [3.8, 4) is 5.75 Å². The highest BCUT2D eigenvalue weighted by atomic mass is 32.1. The summed E-state index contributed by atoms with van der Waals surface area (Å²) in [6, 6.07) is 18.2. The smallest absolute Gasteiger partial charge is 0.191 e. The average Bonchev–Trinajstić information content (AvgIpc) is 3.28. The summed E-state index contributed by atoms with van der Waals surface area (Å²) in [5, 5.41) is 8.87. The Morgan fingerprint density at radius 2 is 2.07 bits per heavy atom. The number of hydrogen-bond donors (Lipinski definition) is 2. The van der Waals surface area contributed by atoms with Crippen LogP contribution in [0.3, 0.4) is 0 Å². The van der Waals surface area contributed by atoms with E-state index >= 15 is 0 Å². The number of benzene rings is 1. The van der Waals surface area contributed by atoms with E-state index < -0.39 is 0 Å². The van der Waals surface area contributed by atoms with Gasteiger partial charge in [0.1, 0.15) is 12.4 Å². The van der Waals surface area contributed by atoms with Crippen molar-refractivity contribution in [3.63, 3.8) is 0 Å². The topological polar surface area (TPSA) is 58.5 Å². The summed E-state index contributed by atoms with van der Waals surface area (Å²) in [5.41, 5.74) is 2.04. The minimum absolute atomic E-state index is 0.446. The van der Waals surface area contributed by atoms with Crippen molar-refractivity contribution in [1.29, 1.82) is 0 Å². The zero-order chi connectivity index (χ0) is 19.6. The lowest BCUT2D eigenvalue weighted by Gasteiger charge is -2.15. The summed E-state index contributed by atoms with van der Waals surface area (Å²) in [6.07, 6.45) is 1.77. The van der Waals surface area contributed by atoms with Crippen LogP contribution >= 0.6 is 11.3 Å². The highest BCUT2D eigenvalue weighted by molar-refractivity contribution is 7.10. The van der Waals surface area contributed by atoms with E-state index in [0.29, 0.717) is 19.1 Å². The van der Waals surface area contributed by atoms with Crippen LogP contribution in [-0.4, -0.2) is 24.5 Å². The molecule has 2 heterocycles. The number of nitrogens with zero attached hydrogens (tertiary/aromatic N) is 2. The minimum atomic E-state index is 0.446. The molecular formula is C22H26N4OS. The summed E-state index contributed by atoms with van der Waals surface area (Å²) in [5.74, 6) is 2.07. The monoisotopic (exact) mass is 394 g/mol. The van der Waals surface area contributed by atoms with Crippen LogP contribution in [0.1, 0.15) is 29.0 Å². The molecule has 0 saturated carbocycles. The number of thiophene rings is 1. The molecule has 146 valence electrons. The molecule has 28 heavy (non-hydrogen) atoms. The Morgan fingerprint density at radius 3 is 2.82 bits per heavy atom. The number of pyridine rings is 1. The van der Waals surface area contributed by atoms with Gasteiger partial charge in [-0.3, -0.25) is 9.98 Å². The van der Waals surface area contributed by atoms with Gasteiger partial charge in [-0.1, -0.05) is 31.2 Å². The van der Waals surface area contributed by atoms with Crippen molar-refractivity contribution in [2.45, 2.75) is 26.0 Å². The second kappa shape index (κ2) is 10.5. The van der Waals surface area contributed by atoms with Gasteiger partial charge >= 0.3 is 0 Å². The van der Waals surface area contributed by atoms with E-state index in [2.05, 4.69) is 51.1 Å². The summed E-state index contributed by atoms with van der Waals surface area (Å²) in [4.78, 5) is 9.97. The van der Waals surface area contributed by atoms with Crippen molar-refractivity contribution in [1.82, 2.24) is 15.6 Å². The molecule has 0 radical (unpaired) electrons. The quantitative estimate of drug-likeness (QED) is 0.444. The molecule has 0 aliphatic heterocycles. The van der Waals surface area contributed by atoms with Gasteiger partial charge in [0.25, 0.3) is 0 Å². The standard InChI is InChI=1S/C22H26N4OS/c1-17(21-10-6-12-28-21)14-25-22(23-2)26-15-18-7-5-9-20(13-18)27-16-19-8-3-4-11-24-19/h3-13,17H,14-16H2,1-2H3,(H2,23,25,26). The van der Waals surface area contributed by atoms with Gasteiger partial charge in [0.15, 0.2) is 5.96 Å². The maximum absolute atomic E-state index is 5.85. The van der Waals surface area contributed by atoms with Crippen LogP contribution in [-0.2, 0) is 13.2 Å². The predicted molar refractivity (Wildman–Crippen MR) is 116 cm³/mol. The first-order chi connectivity index (χ1) is 13.7. The largest absolute Gasteiger partial charge is 0.487 e. The predicted octanol–water partition coefficient (Wildman–Crippen LogP) is 4.19. The number of hydrogen-bond acceptors (Lipinski definition) is 4. The molecule has 6 heteroatoms. The zero-order valence-electron chi connectivity index (χ0n) is 16.3. The van der Waals surface area contributed by atoms with E-state index in [0.717, 1.165) is 29.5 Å². The first-order valence-electron chi connectivity index (χ1n) is 9.34. The van der Waals surface area contributed by atoms with E-state index in [1.54, 1.807) is 24.6 Å². The van der Waals surface area contributed by atoms with Crippen LogP contribution in [0.5, 0.6) is 5.75 Å². The Morgan fingerprint density at radius 1 is 1.14 bits per heavy atom. The zero-order valence-corrected chi connectivity index (χ0v) is 17.1. The van der Waals surface area contributed by atoms with Gasteiger partial charge in [-0.25, -0.2) is 0 Å². The molecule has 0 aliphatic rings. The molecule has 2 N–H and O–H groups in total. The lowest BCUT2D eigenvalue weighted by Crippen LogP contribution is -2.38. The second-order valence-electron chi connectivity index (χ2n) is 6.48. The molecule has 1 unspecified atom stereocenters. The van der Waals surface area contributed by atoms with Gasteiger partial charge in [0.05, 0.1) is 5.69 Å². The fraction of sp³-hybridized carbons (Fsp3) is 0.273. The Hall–Kier alpha value is -2.86. The van der Waals surface area contributed by atoms with Crippen LogP contribution in [0.4, 0.5) is 0 Å². The van der Waals surface area contributed by atoms with Gasteiger partial charge in [0, 0.05) is 37.1 Å². The molecule has 1 atom stereocenters. The van der Waals surface area contributed by atoms with Crippen molar-refractivity contribution < 1.29 is 4.74 Å². The third-order valence-corrected chi connectivity index (χ3v) is 5.40. The van der Waals surface area contributed by atoms with Crippen LogP contribution in [0, 0.1) is 0 Å². The van der Waals surface area contributed by atoms with Crippen LogP contribution < -0.4 is 15.4 Å². The number of nitrogens with one attached hydrogen (secondary N) is 2. The molecule has 0 bridgehead atoms. The summed E-state index contributed by atoms with van der Waals surface area (Å²) in [6.45, 7) is 4.19. The maximum atomic E-state index is 5.85. The fourth-order valence-corrected chi connectivity index (χ4v) is 3.50. The molecule has 0 saturated heterocycles. The molecule has 0 aliphatic carbocycles. The van der Waals surface area contributed by atoms with E-state index in [1.165, 1.54) is 4.88 Å². The Labute approximate surface area is 170 Å². The van der Waals surface area contributed by atoms with E-state index in [4.69, 9.17) is 4.74 Å². The molecule has 3 rings (SSSR count). The molecule has 1 aromatic carbocycles. The van der Waals surface area contributed by atoms with Crippen molar-refractivity contribution in [2.24, 2.45) is 4.99 Å². The third-order valence-electron chi connectivity index (χ3n) is 4.30. The van der Waals surface area contributed by atoms with Gasteiger partial charge in [-0.2, -0.15) is 0 Å². The van der Waals surface area contributed by atoms with Gasteiger partial charge in [0.2, 0.25) is 0 Å². The summed E-state index contributed by atoms with van der Waals surface area (Å²) >= 11 is 1.79. The Balaban J connectivity index is 1.47. The molecule has 0 fully saturated rings. The number of rotatable bonds is 8. The molecule has 0 amide bonds. The highest BCUT2D eigenvalue weighted by Gasteiger charge is 2.07. The second-order valence-corrected chi connectivity index (χ2v) is 7.46. The van der Waals surface area contributed by atoms with Crippen LogP contribution in [0.25, 0.3) is 0 Å². The molecular weight excluding hydrogens is 368 g/mol. The number of aliphatic imine (C=N–C) groups is 1. The van der Waals surface area contributed by atoms with Gasteiger partial charge < -0.3 is 15.4 Å². The summed E-state index contributed by atoms with van der Waals surface area (Å²) in [7, 11) is 1.79. The number of aromatic nitrogens is 1. The lowest BCUT2D eigenvalue weighted by atomic mass is 10.1. The van der Waals surface area contributed by atoms with Gasteiger partial charge in [-0.15, -0.1) is 11.3 Å². The lowest BCUT2D eigenvalue weighted by molar-refractivity contribution is 0.301. The first kappa shape index (κ1) is 19.9. The van der Waals surface area contributed by atoms with E-state index in [-0.39, 0.29) is 0 Å². The van der Waals surface area contributed by atoms with Crippen molar-refractivity contribution >= 4 is 17.3 Å². The molecule has 5 nitrogen and oxygen atoms in total. The summed E-state index contributed by atoms with van der Waals surface area (Å²) < 4.78 is 5.85. The molecule has 2 aromatic heterocycles. The van der Waals surface area contributed by atoms with Crippen LogP contribution in [0.2, 0.25) is 0 Å². The Bertz CT molecular complexity index is 865. The Kier molecular flexibility index (Phi) is 7.44. The fourth-order valence-electron chi connectivity index (χ4n) is 2.71. The normalized spacial score (nSPS) is 12.4. The third kappa shape index (κ3) is 6.09. The maximum Gasteiger partial charge on any atom is 0.191 e. The van der Waals surface area contributed by atoms with Crippen molar-refractivity contribution in [2.75, 3.05) is 13.6 Å². The molecule has 0 spiro atoms. The van der Waals surface area contributed by atoms with E-state index in [9.17, 15) is 0 Å². The molecule has 3 aromatic rings. The van der Waals surface area contributed by atoms with Gasteiger partial charge in [-0.05, 0) is 41.3 Å².